The number of rotatable bonds is 8. The summed E-state index contributed by atoms with van der Waals surface area (Å²) in [6.07, 6.45) is 2.38. The number of hydrogen-bond donors (Lipinski definition) is 2. The lowest BCUT2D eigenvalue weighted by atomic mass is 9.88. The van der Waals surface area contributed by atoms with Gasteiger partial charge in [0.25, 0.3) is 0 Å². The average Bonchev–Trinajstić information content (AvgIpc) is 3.46. The molecule has 36 heavy (non-hydrogen) atoms. The van der Waals surface area contributed by atoms with Crippen molar-refractivity contribution in [3.05, 3.63) is 106 Å². The molecule has 3 aromatic carbocycles. The maximum Gasteiger partial charge on any atom is 0.138 e. The van der Waals surface area contributed by atoms with E-state index in [-0.39, 0.29) is 36.7 Å². The van der Waals surface area contributed by atoms with E-state index in [1.165, 1.54) is 23.5 Å². The SMILES string of the molecule is Cc1ccccc1-c1scnc1C(CC(=O)Cc1c[nH]c2ccc(O)cc12)Cc1cc(F)cc(F)c1. The zero-order chi connectivity index (χ0) is 25.2. The Labute approximate surface area is 211 Å². The number of aromatic hydroxyl groups is 1. The number of nitrogens with one attached hydrogen (secondary N) is 1. The predicted molar refractivity (Wildman–Crippen MR) is 138 cm³/mol. The van der Waals surface area contributed by atoms with Gasteiger partial charge < -0.3 is 10.1 Å². The van der Waals surface area contributed by atoms with Crippen molar-refractivity contribution >= 4 is 28.0 Å². The Morgan fingerprint density at radius 2 is 1.86 bits per heavy atom. The van der Waals surface area contributed by atoms with Crippen LogP contribution in [-0.2, 0) is 17.6 Å². The summed E-state index contributed by atoms with van der Waals surface area (Å²) in [5, 5.41) is 10.7. The van der Waals surface area contributed by atoms with Crippen LogP contribution < -0.4 is 0 Å². The summed E-state index contributed by atoms with van der Waals surface area (Å²) in [5.74, 6) is -1.55. The molecule has 0 amide bonds. The molecule has 0 aliphatic rings. The number of H-pyrrole nitrogens is 1. The molecule has 0 aliphatic carbocycles. The molecule has 7 heteroatoms. The van der Waals surface area contributed by atoms with E-state index < -0.39 is 11.6 Å². The molecule has 2 N–H and O–H groups in total. The Morgan fingerprint density at radius 1 is 1.08 bits per heavy atom. The van der Waals surface area contributed by atoms with E-state index in [9.17, 15) is 18.7 Å². The van der Waals surface area contributed by atoms with E-state index in [1.807, 2.05) is 31.2 Å². The Hall–Kier alpha value is -3.84. The van der Waals surface area contributed by atoms with E-state index in [1.54, 1.807) is 29.9 Å². The van der Waals surface area contributed by atoms with Gasteiger partial charge in [0.15, 0.2) is 0 Å². The molecule has 2 heterocycles. The third-order valence-corrected chi connectivity index (χ3v) is 7.26. The van der Waals surface area contributed by atoms with Gasteiger partial charge in [0.2, 0.25) is 0 Å². The number of thiazole rings is 1. The number of benzene rings is 3. The minimum Gasteiger partial charge on any atom is -0.508 e. The number of phenols is 1. The van der Waals surface area contributed by atoms with E-state index in [0.717, 1.165) is 44.2 Å². The van der Waals surface area contributed by atoms with Crippen molar-refractivity contribution in [1.29, 1.82) is 0 Å². The molecule has 1 unspecified atom stereocenters. The van der Waals surface area contributed by atoms with Crippen molar-refractivity contribution in [1.82, 2.24) is 9.97 Å². The highest BCUT2D eigenvalue weighted by molar-refractivity contribution is 7.13. The quantitative estimate of drug-likeness (QED) is 0.238. The normalized spacial score (nSPS) is 12.2. The molecule has 1 atom stereocenters. The fourth-order valence-electron chi connectivity index (χ4n) is 4.73. The number of hydrogen-bond acceptors (Lipinski definition) is 4. The van der Waals surface area contributed by atoms with Gasteiger partial charge in [-0.05, 0) is 65.9 Å². The Morgan fingerprint density at radius 3 is 2.64 bits per heavy atom. The van der Waals surface area contributed by atoms with Crippen molar-refractivity contribution in [3.63, 3.8) is 0 Å². The molecule has 2 aromatic heterocycles. The summed E-state index contributed by atoms with van der Waals surface area (Å²) >= 11 is 1.49. The number of halogens is 2. The van der Waals surface area contributed by atoms with Crippen LogP contribution in [0.1, 0.15) is 34.7 Å². The summed E-state index contributed by atoms with van der Waals surface area (Å²) in [7, 11) is 0. The number of aromatic nitrogens is 2. The number of carbonyl (C=O) groups excluding carboxylic acids is 1. The summed E-state index contributed by atoms with van der Waals surface area (Å²) < 4.78 is 27.9. The van der Waals surface area contributed by atoms with E-state index in [0.29, 0.717) is 5.56 Å². The first-order valence-corrected chi connectivity index (χ1v) is 12.5. The lowest BCUT2D eigenvalue weighted by Crippen LogP contribution is -2.13. The average molecular weight is 503 g/mol. The van der Waals surface area contributed by atoms with Gasteiger partial charge in [-0.3, -0.25) is 4.79 Å². The minimum absolute atomic E-state index is 0.0233. The largest absolute Gasteiger partial charge is 0.508 e. The van der Waals surface area contributed by atoms with Gasteiger partial charge in [0.05, 0.1) is 16.1 Å². The van der Waals surface area contributed by atoms with Gasteiger partial charge in [-0.2, -0.15) is 0 Å². The van der Waals surface area contributed by atoms with E-state index >= 15 is 0 Å². The standard InChI is InChI=1S/C29H24F2N2O2S/c1-17-4-2-3-5-25(17)29-28(33-16-36-29)19(8-18-9-21(30)13-22(31)10-18)11-24(35)12-20-15-32-27-7-6-23(34)14-26(20)27/h2-7,9-10,13-16,19,32,34H,8,11-12H2,1H3. The van der Waals surface area contributed by atoms with Crippen LogP contribution in [0.3, 0.4) is 0 Å². The van der Waals surface area contributed by atoms with Crippen LogP contribution in [0.15, 0.2) is 72.4 Å². The van der Waals surface area contributed by atoms with Crippen molar-refractivity contribution in [2.45, 2.75) is 32.1 Å². The summed E-state index contributed by atoms with van der Waals surface area (Å²) in [6, 6.07) is 16.4. The van der Waals surface area contributed by atoms with Gasteiger partial charge in [0.1, 0.15) is 23.2 Å². The monoisotopic (exact) mass is 502 g/mol. The zero-order valence-electron chi connectivity index (χ0n) is 19.6. The summed E-state index contributed by atoms with van der Waals surface area (Å²) in [6.45, 7) is 2.02. The molecule has 0 saturated heterocycles. The second kappa shape index (κ2) is 10.0. The minimum atomic E-state index is -0.647. The Kier molecular flexibility index (Phi) is 6.65. The molecular weight excluding hydrogens is 478 g/mol. The first kappa shape index (κ1) is 23.9. The first-order valence-electron chi connectivity index (χ1n) is 11.6. The van der Waals surface area contributed by atoms with E-state index in [4.69, 9.17) is 0 Å². The molecule has 0 radical (unpaired) electrons. The predicted octanol–water partition coefficient (Wildman–Crippen LogP) is 7.11. The number of carbonyl (C=O) groups is 1. The summed E-state index contributed by atoms with van der Waals surface area (Å²) in [5.41, 5.74) is 6.73. The third kappa shape index (κ3) is 5.06. The number of fused-ring (bicyclic) bond motifs is 1. The van der Waals surface area contributed by atoms with Gasteiger partial charge in [-0.25, -0.2) is 13.8 Å². The molecule has 0 fully saturated rings. The maximum atomic E-state index is 14.0. The number of ketones is 1. The Bertz CT molecular complexity index is 1540. The molecule has 182 valence electrons. The van der Waals surface area contributed by atoms with Crippen LogP contribution in [0.5, 0.6) is 5.75 Å². The summed E-state index contributed by atoms with van der Waals surface area (Å²) in [4.78, 5) is 22.1. The van der Waals surface area contributed by atoms with Gasteiger partial charge >= 0.3 is 0 Å². The molecular formula is C29H24F2N2O2S. The molecule has 5 aromatic rings. The van der Waals surface area contributed by atoms with Crippen LogP contribution in [0, 0.1) is 18.6 Å². The van der Waals surface area contributed by atoms with Gasteiger partial charge in [0, 0.05) is 41.9 Å². The number of nitrogens with zero attached hydrogens (tertiary/aromatic N) is 1. The van der Waals surface area contributed by atoms with Crippen LogP contribution in [0.4, 0.5) is 8.78 Å². The number of aryl methyl sites for hydroxylation is 1. The highest BCUT2D eigenvalue weighted by Crippen LogP contribution is 2.37. The number of Topliss-reactive ketones (excluding diaryl/α,β-unsaturated/α-hetero) is 1. The lowest BCUT2D eigenvalue weighted by Gasteiger charge is -2.17. The van der Waals surface area contributed by atoms with Crippen LogP contribution in [0.2, 0.25) is 0 Å². The second-order valence-electron chi connectivity index (χ2n) is 9.02. The number of phenolic OH excluding ortho intramolecular Hbond substituents is 1. The molecule has 0 spiro atoms. The highest BCUT2D eigenvalue weighted by Gasteiger charge is 2.24. The lowest BCUT2D eigenvalue weighted by molar-refractivity contribution is -0.118. The third-order valence-electron chi connectivity index (χ3n) is 6.39. The fourth-order valence-corrected chi connectivity index (χ4v) is 5.69. The van der Waals surface area contributed by atoms with Crippen LogP contribution >= 0.6 is 11.3 Å². The fraction of sp³-hybridized carbons (Fsp3) is 0.172. The second-order valence-corrected chi connectivity index (χ2v) is 9.88. The van der Waals surface area contributed by atoms with E-state index in [2.05, 4.69) is 9.97 Å². The molecule has 0 saturated carbocycles. The van der Waals surface area contributed by atoms with Crippen LogP contribution in [0.25, 0.3) is 21.3 Å². The smallest absolute Gasteiger partial charge is 0.138 e. The molecule has 5 rings (SSSR count). The molecule has 0 bridgehead atoms. The van der Waals surface area contributed by atoms with Gasteiger partial charge in [-0.1, -0.05) is 24.3 Å². The molecule has 4 nitrogen and oxygen atoms in total. The van der Waals surface area contributed by atoms with Crippen molar-refractivity contribution in [2.24, 2.45) is 0 Å². The maximum absolute atomic E-state index is 14.0. The Balaban J connectivity index is 1.48. The topological polar surface area (TPSA) is 66.0 Å². The van der Waals surface area contributed by atoms with Crippen molar-refractivity contribution in [3.8, 4) is 16.2 Å². The van der Waals surface area contributed by atoms with Gasteiger partial charge in [-0.15, -0.1) is 11.3 Å². The van der Waals surface area contributed by atoms with Crippen molar-refractivity contribution in [2.75, 3.05) is 0 Å². The number of aromatic amines is 1. The highest BCUT2D eigenvalue weighted by atomic mass is 32.1. The van der Waals surface area contributed by atoms with Crippen LogP contribution in [-0.4, -0.2) is 20.9 Å². The first-order chi connectivity index (χ1) is 17.4. The van der Waals surface area contributed by atoms with Crippen molar-refractivity contribution < 1.29 is 18.7 Å². The zero-order valence-corrected chi connectivity index (χ0v) is 20.4. The molecule has 0 aliphatic heterocycles.